The summed E-state index contributed by atoms with van der Waals surface area (Å²) < 4.78 is 10.3. The molecule has 0 atom stereocenters. The number of carbonyl (C=O) groups is 1. The quantitative estimate of drug-likeness (QED) is 0.846. The van der Waals surface area contributed by atoms with Crippen molar-refractivity contribution in [1.82, 2.24) is 5.32 Å². The molecule has 0 aromatic heterocycles. The number of rotatable bonds is 7. The fourth-order valence-electron chi connectivity index (χ4n) is 2.20. The lowest BCUT2D eigenvalue weighted by molar-refractivity contribution is -0.120. The summed E-state index contributed by atoms with van der Waals surface area (Å²) in [4.78, 5) is 11.9. The fourth-order valence-corrected chi connectivity index (χ4v) is 2.39. The normalized spacial score (nSPS) is 10.2. The molecule has 1 N–H and O–H groups in total. The van der Waals surface area contributed by atoms with Gasteiger partial charge in [-0.05, 0) is 41.8 Å². The topological polar surface area (TPSA) is 47.6 Å². The lowest BCUT2D eigenvalue weighted by atomic mass is 10.1. The zero-order chi connectivity index (χ0) is 16.7. The van der Waals surface area contributed by atoms with Gasteiger partial charge >= 0.3 is 0 Å². The Balaban J connectivity index is 1.80. The lowest BCUT2D eigenvalue weighted by Gasteiger charge is -2.08. The average molecular weight is 334 g/mol. The first-order valence-corrected chi connectivity index (χ1v) is 7.72. The Hall–Kier alpha value is -2.20. The van der Waals surface area contributed by atoms with Crippen LogP contribution in [0, 0.1) is 0 Å². The Morgan fingerprint density at radius 1 is 1.04 bits per heavy atom. The summed E-state index contributed by atoms with van der Waals surface area (Å²) in [7, 11) is 3.20. The molecule has 0 fully saturated rings. The summed E-state index contributed by atoms with van der Waals surface area (Å²) in [5, 5.41) is 3.50. The summed E-state index contributed by atoms with van der Waals surface area (Å²) in [6.45, 7) is 0.569. The van der Waals surface area contributed by atoms with Crippen molar-refractivity contribution in [1.29, 1.82) is 0 Å². The molecule has 0 spiro atoms. The number of benzene rings is 2. The number of hydrogen-bond donors (Lipinski definition) is 1. The number of halogens is 1. The second-order valence-electron chi connectivity index (χ2n) is 5.09. The maximum Gasteiger partial charge on any atom is 0.224 e. The summed E-state index contributed by atoms with van der Waals surface area (Å²) in [6.07, 6.45) is 1.08. The van der Waals surface area contributed by atoms with Crippen LogP contribution in [0.2, 0.25) is 5.02 Å². The Bertz CT molecular complexity index is 656. The van der Waals surface area contributed by atoms with E-state index in [0.29, 0.717) is 23.7 Å². The van der Waals surface area contributed by atoms with E-state index >= 15 is 0 Å². The summed E-state index contributed by atoms with van der Waals surface area (Å²) in [6, 6.07) is 13.1. The van der Waals surface area contributed by atoms with E-state index in [1.165, 1.54) is 0 Å². The molecule has 0 unspecified atom stereocenters. The number of ether oxygens (including phenoxy) is 2. The number of carbonyl (C=O) groups excluding carboxylic acids is 1. The highest BCUT2D eigenvalue weighted by Gasteiger charge is 2.05. The molecule has 122 valence electrons. The Kier molecular flexibility index (Phi) is 6.29. The Labute approximate surface area is 141 Å². The van der Waals surface area contributed by atoms with E-state index in [1.807, 2.05) is 36.4 Å². The van der Waals surface area contributed by atoms with Crippen molar-refractivity contribution in [3.8, 4) is 11.5 Å². The third kappa shape index (κ3) is 5.18. The van der Waals surface area contributed by atoms with Crippen molar-refractivity contribution in [2.45, 2.75) is 12.8 Å². The van der Waals surface area contributed by atoms with E-state index in [2.05, 4.69) is 5.32 Å². The van der Waals surface area contributed by atoms with Crippen LogP contribution in [0.1, 0.15) is 11.1 Å². The van der Waals surface area contributed by atoms with Gasteiger partial charge in [-0.3, -0.25) is 4.79 Å². The number of methoxy groups -OCH3 is 2. The van der Waals surface area contributed by atoms with E-state index in [-0.39, 0.29) is 5.91 Å². The molecule has 0 saturated heterocycles. The molecule has 2 aromatic rings. The molecule has 0 bridgehead atoms. The van der Waals surface area contributed by atoms with Gasteiger partial charge in [0.1, 0.15) is 11.5 Å². The first-order valence-electron chi connectivity index (χ1n) is 7.34. The van der Waals surface area contributed by atoms with E-state index < -0.39 is 0 Å². The van der Waals surface area contributed by atoms with Crippen molar-refractivity contribution in [3.63, 3.8) is 0 Å². The number of amides is 1. The van der Waals surface area contributed by atoms with E-state index in [0.717, 1.165) is 23.3 Å². The van der Waals surface area contributed by atoms with Crippen LogP contribution in [0.4, 0.5) is 0 Å². The van der Waals surface area contributed by atoms with E-state index in [4.69, 9.17) is 21.1 Å². The van der Waals surface area contributed by atoms with Gasteiger partial charge in [0.2, 0.25) is 5.91 Å². The second kappa shape index (κ2) is 8.44. The van der Waals surface area contributed by atoms with Gasteiger partial charge in [-0.1, -0.05) is 29.8 Å². The van der Waals surface area contributed by atoms with Gasteiger partial charge in [-0.2, -0.15) is 0 Å². The minimum absolute atomic E-state index is 0.00362. The van der Waals surface area contributed by atoms with Crippen LogP contribution in [-0.2, 0) is 17.6 Å². The smallest absolute Gasteiger partial charge is 0.224 e. The molecule has 0 aliphatic carbocycles. The van der Waals surface area contributed by atoms with Crippen LogP contribution in [0.25, 0.3) is 0 Å². The molecule has 0 radical (unpaired) electrons. The molecule has 0 saturated carbocycles. The zero-order valence-electron chi connectivity index (χ0n) is 13.3. The minimum Gasteiger partial charge on any atom is -0.497 e. The van der Waals surface area contributed by atoms with Crippen molar-refractivity contribution < 1.29 is 14.3 Å². The predicted molar refractivity (Wildman–Crippen MR) is 91.4 cm³/mol. The van der Waals surface area contributed by atoms with E-state index in [1.54, 1.807) is 20.3 Å². The molecule has 0 heterocycles. The van der Waals surface area contributed by atoms with Gasteiger partial charge < -0.3 is 14.8 Å². The first kappa shape index (κ1) is 17.2. The summed E-state index contributed by atoms with van der Waals surface area (Å²) in [5.74, 6) is 1.43. The molecular formula is C18H20ClNO3. The van der Waals surface area contributed by atoms with Crippen molar-refractivity contribution in [2.24, 2.45) is 0 Å². The molecular weight excluding hydrogens is 314 g/mol. The van der Waals surface area contributed by atoms with Crippen molar-refractivity contribution in [2.75, 3.05) is 20.8 Å². The Morgan fingerprint density at radius 2 is 1.74 bits per heavy atom. The Morgan fingerprint density at radius 3 is 2.39 bits per heavy atom. The standard InChI is InChI=1S/C18H20ClNO3/c1-22-15-6-3-13(4-7-15)12-18(21)20-10-9-14-5-8-16(19)17(11-14)23-2/h3-8,11H,9-10,12H2,1-2H3,(H,20,21). The molecule has 2 rings (SSSR count). The van der Waals surface area contributed by atoms with Crippen LogP contribution < -0.4 is 14.8 Å². The molecule has 1 amide bonds. The van der Waals surface area contributed by atoms with Crippen LogP contribution in [0.5, 0.6) is 11.5 Å². The average Bonchev–Trinajstić information content (AvgIpc) is 2.57. The van der Waals surface area contributed by atoms with Crippen LogP contribution >= 0.6 is 11.6 Å². The fraction of sp³-hybridized carbons (Fsp3) is 0.278. The third-order valence-electron chi connectivity index (χ3n) is 3.48. The van der Waals surface area contributed by atoms with Gasteiger partial charge in [-0.25, -0.2) is 0 Å². The minimum atomic E-state index is -0.00362. The summed E-state index contributed by atoms with van der Waals surface area (Å²) in [5.41, 5.74) is 2.02. The summed E-state index contributed by atoms with van der Waals surface area (Å²) >= 11 is 5.99. The first-order chi connectivity index (χ1) is 11.1. The molecule has 23 heavy (non-hydrogen) atoms. The maximum atomic E-state index is 11.9. The largest absolute Gasteiger partial charge is 0.497 e. The van der Waals surface area contributed by atoms with Crippen LogP contribution in [0.15, 0.2) is 42.5 Å². The molecule has 4 nitrogen and oxygen atoms in total. The molecule has 2 aromatic carbocycles. The van der Waals surface area contributed by atoms with Gasteiger partial charge in [0.15, 0.2) is 0 Å². The molecule has 0 aliphatic heterocycles. The lowest BCUT2D eigenvalue weighted by Crippen LogP contribution is -2.27. The van der Waals surface area contributed by atoms with Gasteiger partial charge in [0, 0.05) is 6.54 Å². The third-order valence-corrected chi connectivity index (χ3v) is 3.79. The number of hydrogen-bond acceptors (Lipinski definition) is 3. The molecule has 5 heteroatoms. The SMILES string of the molecule is COc1ccc(CC(=O)NCCc2ccc(Cl)c(OC)c2)cc1. The van der Waals surface area contributed by atoms with Crippen molar-refractivity contribution >= 4 is 17.5 Å². The maximum absolute atomic E-state index is 11.9. The molecule has 0 aliphatic rings. The predicted octanol–water partition coefficient (Wildman–Crippen LogP) is 3.26. The second-order valence-corrected chi connectivity index (χ2v) is 5.50. The monoisotopic (exact) mass is 333 g/mol. The van der Waals surface area contributed by atoms with Crippen molar-refractivity contribution in [3.05, 3.63) is 58.6 Å². The van der Waals surface area contributed by atoms with Crippen LogP contribution in [0.3, 0.4) is 0 Å². The highest BCUT2D eigenvalue weighted by Crippen LogP contribution is 2.25. The zero-order valence-corrected chi connectivity index (χ0v) is 14.0. The number of nitrogens with one attached hydrogen (secondary N) is 1. The van der Waals surface area contributed by atoms with Gasteiger partial charge in [-0.15, -0.1) is 0 Å². The van der Waals surface area contributed by atoms with Crippen LogP contribution in [-0.4, -0.2) is 26.7 Å². The van der Waals surface area contributed by atoms with Gasteiger partial charge in [0.05, 0.1) is 25.7 Å². The van der Waals surface area contributed by atoms with E-state index in [9.17, 15) is 4.79 Å². The highest BCUT2D eigenvalue weighted by molar-refractivity contribution is 6.32. The van der Waals surface area contributed by atoms with Gasteiger partial charge in [0.25, 0.3) is 0 Å². The highest BCUT2D eigenvalue weighted by atomic mass is 35.5.